The van der Waals surface area contributed by atoms with Gasteiger partial charge in [-0.1, -0.05) is 23.7 Å². The van der Waals surface area contributed by atoms with Crippen molar-refractivity contribution in [2.45, 2.75) is 13.1 Å². The van der Waals surface area contributed by atoms with Crippen molar-refractivity contribution in [2.75, 3.05) is 19.0 Å². The zero-order valence-electron chi connectivity index (χ0n) is 11.7. The van der Waals surface area contributed by atoms with E-state index in [0.717, 1.165) is 12.1 Å². The summed E-state index contributed by atoms with van der Waals surface area (Å²) in [5.74, 6) is -0.301. The minimum Gasteiger partial charge on any atom is -0.378 e. The zero-order valence-corrected chi connectivity index (χ0v) is 12.4. The molecule has 0 saturated heterocycles. The summed E-state index contributed by atoms with van der Waals surface area (Å²) in [6, 6.07) is 12.9. The largest absolute Gasteiger partial charge is 0.378 e. The van der Waals surface area contributed by atoms with Crippen molar-refractivity contribution < 1.29 is 4.39 Å². The smallest absolute Gasteiger partial charge is 0.125 e. The molecule has 0 atom stereocenters. The molecular weight excluding hydrogens is 275 g/mol. The summed E-state index contributed by atoms with van der Waals surface area (Å²) in [5, 5.41) is 3.71. The van der Waals surface area contributed by atoms with Crippen LogP contribution in [0.1, 0.15) is 11.1 Å². The maximum absolute atomic E-state index is 13.2. The van der Waals surface area contributed by atoms with Gasteiger partial charge in [-0.3, -0.25) is 0 Å². The molecule has 2 nitrogen and oxygen atoms in total. The Morgan fingerprint density at radius 1 is 1.00 bits per heavy atom. The number of rotatable bonds is 5. The number of benzene rings is 2. The quantitative estimate of drug-likeness (QED) is 0.901. The van der Waals surface area contributed by atoms with Gasteiger partial charge >= 0.3 is 0 Å². The number of anilines is 1. The molecule has 106 valence electrons. The maximum Gasteiger partial charge on any atom is 0.125 e. The van der Waals surface area contributed by atoms with Crippen LogP contribution in [0.25, 0.3) is 0 Å². The predicted octanol–water partition coefficient (Wildman–Crippen LogP) is 3.83. The third-order valence-corrected chi connectivity index (χ3v) is 3.25. The summed E-state index contributed by atoms with van der Waals surface area (Å²) in [5.41, 5.74) is 3.21. The molecule has 0 radical (unpaired) electrons. The molecule has 0 amide bonds. The van der Waals surface area contributed by atoms with E-state index in [2.05, 4.69) is 34.5 Å². The van der Waals surface area contributed by atoms with Crippen molar-refractivity contribution in [1.82, 2.24) is 5.32 Å². The van der Waals surface area contributed by atoms with Crippen LogP contribution in [-0.4, -0.2) is 14.1 Å². The van der Waals surface area contributed by atoms with Crippen molar-refractivity contribution in [3.05, 3.63) is 64.4 Å². The van der Waals surface area contributed by atoms with Gasteiger partial charge in [-0.2, -0.15) is 0 Å². The highest BCUT2D eigenvalue weighted by Gasteiger charge is 2.00. The fourth-order valence-electron chi connectivity index (χ4n) is 1.98. The topological polar surface area (TPSA) is 15.3 Å². The van der Waals surface area contributed by atoms with Gasteiger partial charge in [0.05, 0.1) is 0 Å². The molecule has 0 aliphatic rings. The fourth-order valence-corrected chi connectivity index (χ4v) is 2.22. The minimum absolute atomic E-state index is 0.301. The summed E-state index contributed by atoms with van der Waals surface area (Å²) >= 11 is 5.82. The highest BCUT2D eigenvalue weighted by molar-refractivity contribution is 6.30. The van der Waals surface area contributed by atoms with Gasteiger partial charge in [-0.25, -0.2) is 4.39 Å². The molecule has 20 heavy (non-hydrogen) atoms. The first-order valence-corrected chi connectivity index (χ1v) is 6.84. The lowest BCUT2D eigenvalue weighted by Gasteiger charge is -2.13. The lowest BCUT2D eigenvalue weighted by molar-refractivity contribution is 0.620. The van der Waals surface area contributed by atoms with Gasteiger partial charge in [-0.05, 0) is 41.5 Å². The molecule has 0 bridgehead atoms. The van der Waals surface area contributed by atoms with Crippen LogP contribution in [0.4, 0.5) is 10.1 Å². The number of hydrogen-bond acceptors (Lipinski definition) is 2. The molecular formula is C16H18ClFN2. The molecule has 4 heteroatoms. The van der Waals surface area contributed by atoms with Crippen LogP contribution < -0.4 is 10.2 Å². The first kappa shape index (κ1) is 14.8. The number of nitrogens with zero attached hydrogens (tertiary/aromatic N) is 1. The average molecular weight is 293 g/mol. The Hall–Kier alpha value is -1.58. The van der Waals surface area contributed by atoms with Gasteiger partial charge in [0.2, 0.25) is 0 Å². The summed E-state index contributed by atoms with van der Waals surface area (Å²) in [7, 11) is 4.03. The number of hydrogen-bond donors (Lipinski definition) is 1. The van der Waals surface area contributed by atoms with Crippen LogP contribution in [0.2, 0.25) is 5.02 Å². The highest BCUT2D eigenvalue weighted by atomic mass is 35.5. The molecule has 0 spiro atoms. The molecule has 2 aromatic carbocycles. The number of nitrogens with one attached hydrogen (secondary N) is 1. The Morgan fingerprint density at radius 2 is 1.65 bits per heavy atom. The first-order chi connectivity index (χ1) is 9.54. The standard InChI is InChI=1S/C16H18ClFN2/c1-20(2)16-5-3-12(4-6-16)10-19-11-13-7-14(17)9-15(18)8-13/h3-9,19H,10-11H2,1-2H3. The van der Waals surface area contributed by atoms with Crippen molar-refractivity contribution >= 4 is 17.3 Å². The van der Waals surface area contributed by atoms with Crippen molar-refractivity contribution in [2.24, 2.45) is 0 Å². The SMILES string of the molecule is CN(C)c1ccc(CNCc2cc(F)cc(Cl)c2)cc1. The Kier molecular flexibility index (Phi) is 4.99. The summed E-state index contributed by atoms with van der Waals surface area (Å²) in [4.78, 5) is 2.06. The molecule has 0 aromatic heterocycles. The molecule has 2 aromatic rings. The molecule has 0 saturated carbocycles. The van der Waals surface area contributed by atoms with Crippen LogP contribution in [0.3, 0.4) is 0 Å². The second-order valence-electron chi connectivity index (χ2n) is 4.94. The Morgan fingerprint density at radius 3 is 2.25 bits per heavy atom. The van der Waals surface area contributed by atoms with Gasteiger partial charge in [-0.15, -0.1) is 0 Å². The van der Waals surface area contributed by atoms with E-state index in [1.54, 1.807) is 6.07 Å². The molecule has 0 heterocycles. The van der Waals surface area contributed by atoms with Crippen LogP contribution in [0.5, 0.6) is 0 Å². The van der Waals surface area contributed by atoms with E-state index in [0.29, 0.717) is 11.6 Å². The van der Waals surface area contributed by atoms with E-state index in [-0.39, 0.29) is 5.82 Å². The van der Waals surface area contributed by atoms with Crippen molar-refractivity contribution in [3.8, 4) is 0 Å². The van der Waals surface area contributed by atoms with Gasteiger partial charge in [0, 0.05) is 37.9 Å². The zero-order chi connectivity index (χ0) is 14.5. The Labute approximate surface area is 124 Å². The van der Waals surface area contributed by atoms with E-state index < -0.39 is 0 Å². The summed E-state index contributed by atoms with van der Waals surface area (Å²) in [6.07, 6.45) is 0. The van der Waals surface area contributed by atoms with Crippen LogP contribution >= 0.6 is 11.6 Å². The lowest BCUT2D eigenvalue weighted by atomic mass is 10.2. The lowest BCUT2D eigenvalue weighted by Crippen LogP contribution is -2.13. The Bertz CT molecular complexity index is 547. The molecule has 1 N–H and O–H groups in total. The monoisotopic (exact) mass is 292 g/mol. The Balaban J connectivity index is 1.89. The van der Waals surface area contributed by atoms with Gasteiger partial charge in [0.1, 0.15) is 5.82 Å². The van der Waals surface area contributed by atoms with Gasteiger partial charge in [0.25, 0.3) is 0 Å². The van der Waals surface area contributed by atoms with E-state index in [9.17, 15) is 4.39 Å². The second-order valence-corrected chi connectivity index (χ2v) is 5.38. The normalized spacial score (nSPS) is 10.6. The molecule has 0 aliphatic carbocycles. The molecule has 0 unspecified atom stereocenters. The van der Waals surface area contributed by atoms with Gasteiger partial charge < -0.3 is 10.2 Å². The van der Waals surface area contributed by atoms with Crippen LogP contribution in [-0.2, 0) is 13.1 Å². The van der Waals surface area contributed by atoms with Crippen LogP contribution in [0.15, 0.2) is 42.5 Å². The van der Waals surface area contributed by atoms with Gasteiger partial charge in [0.15, 0.2) is 0 Å². The second kappa shape index (κ2) is 6.73. The van der Waals surface area contributed by atoms with Crippen molar-refractivity contribution in [3.63, 3.8) is 0 Å². The maximum atomic E-state index is 13.2. The van der Waals surface area contributed by atoms with E-state index in [1.807, 2.05) is 14.1 Å². The fraction of sp³-hybridized carbons (Fsp3) is 0.250. The van der Waals surface area contributed by atoms with Crippen molar-refractivity contribution in [1.29, 1.82) is 0 Å². The molecule has 0 aliphatic heterocycles. The highest BCUT2D eigenvalue weighted by Crippen LogP contribution is 2.15. The summed E-state index contributed by atoms with van der Waals surface area (Å²) < 4.78 is 13.2. The average Bonchev–Trinajstić information content (AvgIpc) is 2.38. The van der Waals surface area contributed by atoms with E-state index in [1.165, 1.54) is 23.4 Å². The van der Waals surface area contributed by atoms with E-state index >= 15 is 0 Å². The predicted molar refractivity (Wildman–Crippen MR) is 82.7 cm³/mol. The molecule has 0 fully saturated rings. The number of halogens is 2. The van der Waals surface area contributed by atoms with E-state index in [4.69, 9.17) is 11.6 Å². The molecule has 2 rings (SSSR count). The third-order valence-electron chi connectivity index (χ3n) is 3.03. The summed E-state index contributed by atoms with van der Waals surface area (Å²) in [6.45, 7) is 1.33. The first-order valence-electron chi connectivity index (χ1n) is 6.46. The third kappa shape index (κ3) is 4.22. The van der Waals surface area contributed by atoms with Crippen LogP contribution in [0, 0.1) is 5.82 Å². The minimum atomic E-state index is -0.301.